The van der Waals surface area contributed by atoms with Crippen molar-refractivity contribution in [1.29, 1.82) is 5.26 Å². The van der Waals surface area contributed by atoms with Gasteiger partial charge in [0.25, 0.3) is 0 Å². The van der Waals surface area contributed by atoms with Crippen LogP contribution in [0.15, 0.2) is 48.8 Å². The van der Waals surface area contributed by atoms with E-state index in [0.717, 1.165) is 16.5 Å². The largest absolute Gasteiger partial charge is 0.481 e. The van der Waals surface area contributed by atoms with E-state index in [1.54, 1.807) is 12.1 Å². The number of methoxy groups -OCH3 is 1. The summed E-state index contributed by atoms with van der Waals surface area (Å²) in [5, 5.41) is 13.2. The topological polar surface area (TPSA) is 79.9 Å². The third kappa shape index (κ3) is 3.45. The van der Waals surface area contributed by atoms with Crippen molar-refractivity contribution in [3.8, 4) is 11.9 Å². The van der Waals surface area contributed by atoms with Crippen LogP contribution in [-0.4, -0.2) is 22.6 Å². The Balaban J connectivity index is 1.77. The molecule has 2 heterocycles. The summed E-state index contributed by atoms with van der Waals surface area (Å²) in [5.74, 6) is -0.666. The summed E-state index contributed by atoms with van der Waals surface area (Å²) >= 11 is 0. The number of aromatic nitrogens is 2. The molecule has 1 amide bonds. The summed E-state index contributed by atoms with van der Waals surface area (Å²) in [7, 11) is 3.48. The number of hydrogen-bond donors (Lipinski definition) is 1. The van der Waals surface area contributed by atoms with E-state index in [-0.39, 0.29) is 5.91 Å². The molecular formula is C19H18N4O2. The van der Waals surface area contributed by atoms with Crippen LogP contribution in [0.3, 0.4) is 0 Å². The molecule has 1 N–H and O–H groups in total. The highest BCUT2D eigenvalue weighted by molar-refractivity contribution is 5.94. The van der Waals surface area contributed by atoms with Crippen LogP contribution >= 0.6 is 0 Å². The zero-order valence-electron chi connectivity index (χ0n) is 14.1. The average molecular weight is 334 g/mol. The molecule has 6 heteroatoms. The molecule has 0 saturated carbocycles. The van der Waals surface area contributed by atoms with Crippen molar-refractivity contribution in [3.63, 3.8) is 0 Å². The summed E-state index contributed by atoms with van der Waals surface area (Å²) in [5.41, 5.74) is 2.59. The standard InChI is InChI=1S/C19H18N4O2/c1-23-12-14(16-5-3-4-6-17(16)23)9-13(10-20)19(24)22-15-7-8-18(25-2)21-11-15/h3-8,11-13H,9H2,1-2H3,(H,22,24)/t13-/m0/s1. The van der Waals surface area contributed by atoms with Gasteiger partial charge in [0.1, 0.15) is 5.92 Å². The number of ether oxygens (including phenoxy) is 1. The summed E-state index contributed by atoms with van der Waals surface area (Å²) in [6, 6.07) is 13.4. The first-order valence-electron chi connectivity index (χ1n) is 7.86. The summed E-state index contributed by atoms with van der Waals surface area (Å²) < 4.78 is 6.99. The SMILES string of the molecule is COc1ccc(NC(=O)[C@H](C#N)Cc2cn(C)c3ccccc23)cn1. The smallest absolute Gasteiger partial charge is 0.242 e. The predicted molar refractivity (Wildman–Crippen MR) is 95.1 cm³/mol. The lowest BCUT2D eigenvalue weighted by Gasteiger charge is -2.10. The molecule has 0 aliphatic carbocycles. The van der Waals surface area contributed by atoms with Crippen LogP contribution in [0.2, 0.25) is 0 Å². The van der Waals surface area contributed by atoms with Gasteiger partial charge in [-0.3, -0.25) is 4.79 Å². The van der Waals surface area contributed by atoms with Crippen molar-refractivity contribution in [2.75, 3.05) is 12.4 Å². The Hall–Kier alpha value is -3.33. The first-order valence-corrected chi connectivity index (χ1v) is 7.86. The Morgan fingerprint density at radius 1 is 1.36 bits per heavy atom. The summed E-state index contributed by atoms with van der Waals surface area (Å²) in [6.45, 7) is 0. The van der Waals surface area contributed by atoms with Crippen LogP contribution in [0.4, 0.5) is 5.69 Å². The number of carbonyl (C=O) groups is 1. The van der Waals surface area contributed by atoms with Crippen LogP contribution in [-0.2, 0) is 18.3 Å². The number of hydrogen-bond acceptors (Lipinski definition) is 4. The first-order chi connectivity index (χ1) is 12.1. The van der Waals surface area contributed by atoms with Crippen LogP contribution in [0.25, 0.3) is 10.9 Å². The fourth-order valence-corrected chi connectivity index (χ4v) is 2.81. The van der Waals surface area contributed by atoms with Crippen LogP contribution in [0, 0.1) is 17.2 Å². The van der Waals surface area contributed by atoms with Gasteiger partial charge in [-0.25, -0.2) is 4.98 Å². The Bertz CT molecular complexity index is 938. The van der Waals surface area contributed by atoms with Gasteiger partial charge in [0.2, 0.25) is 11.8 Å². The molecule has 25 heavy (non-hydrogen) atoms. The number of nitrogens with zero attached hydrogens (tertiary/aromatic N) is 3. The predicted octanol–water partition coefficient (Wildman–Crippen LogP) is 2.90. The fourth-order valence-electron chi connectivity index (χ4n) is 2.81. The molecule has 1 atom stereocenters. The number of benzene rings is 1. The van der Waals surface area contributed by atoms with Crippen molar-refractivity contribution >= 4 is 22.5 Å². The zero-order valence-corrected chi connectivity index (χ0v) is 14.1. The minimum absolute atomic E-state index is 0.345. The lowest BCUT2D eigenvalue weighted by Crippen LogP contribution is -2.23. The van der Waals surface area contributed by atoms with E-state index < -0.39 is 5.92 Å². The van der Waals surface area contributed by atoms with E-state index in [1.165, 1.54) is 13.3 Å². The van der Waals surface area contributed by atoms with Crippen molar-refractivity contribution in [3.05, 3.63) is 54.4 Å². The van der Waals surface area contributed by atoms with Crippen LogP contribution < -0.4 is 10.1 Å². The van der Waals surface area contributed by atoms with E-state index in [1.807, 2.05) is 42.1 Å². The number of nitrogens with one attached hydrogen (secondary N) is 1. The van der Waals surface area contributed by atoms with Crippen molar-refractivity contribution in [2.45, 2.75) is 6.42 Å². The fraction of sp³-hybridized carbons (Fsp3) is 0.211. The number of amides is 1. The second-order valence-electron chi connectivity index (χ2n) is 5.75. The minimum atomic E-state index is -0.784. The molecule has 3 rings (SSSR count). The molecule has 126 valence electrons. The summed E-state index contributed by atoms with van der Waals surface area (Å²) in [4.78, 5) is 16.5. The number of carbonyl (C=O) groups excluding carboxylic acids is 1. The number of pyridine rings is 1. The molecule has 0 unspecified atom stereocenters. The molecule has 0 saturated heterocycles. The van der Waals surface area contributed by atoms with Crippen molar-refractivity contribution in [2.24, 2.45) is 13.0 Å². The van der Waals surface area contributed by atoms with Gasteiger partial charge in [-0.2, -0.15) is 5.26 Å². The number of rotatable bonds is 5. The Labute approximate surface area is 145 Å². The van der Waals surface area contributed by atoms with Gasteiger partial charge in [0.05, 0.1) is 25.1 Å². The number of aryl methyl sites for hydroxylation is 1. The number of anilines is 1. The molecule has 1 aromatic carbocycles. The Kier molecular flexibility index (Phi) is 4.66. The first kappa shape index (κ1) is 16.5. The second-order valence-corrected chi connectivity index (χ2v) is 5.75. The van der Waals surface area contributed by atoms with Gasteiger partial charge >= 0.3 is 0 Å². The highest BCUT2D eigenvalue weighted by atomic mass is 16.5. The molecular weight excluding hydrogens is 316 g/mol. The van der Waals surface area contributed by atoms with Gasteiger partial charge in [-0.15, -0.1) is 0 Å². The van der Waals surface area contributed by atoms with Crippen LogP contribution in [0.1, 0.15) is 5.56 Å². The lowest BCUT2D eigenvalue weighted by molar-refractivity contribution is -0.118. The normalized spacial score (nSPS) is 11.7. The Morgan fingerprint density at radius 3 is 2.84 bits per heavy atom. The maximum atomic E-state index is 12.4. The molecule has 0 aliphatic rings. The van der Waals surface area contributed by atoms with Gasteiger partial charge < -0.3 is 14.6 Å². The molecule has 6 nitrogen and oxygen atoms in total. The molecule has 0 spiro atoms. The molecule has 2 aromatic heterocycles. The molecule has 0 bridgehead atoms. The Morgan fingerprint density at radius 2 is 2.16 bits per heavy atom. The van der Waals surface area contributed by atoms with Gasteiger partial charge in [-0.05, 0) is 24.1 Å². The van der Waals surface area contributed by atoms with Gasteiger partial charge in [0.15, 0.2) is 0 Å². The van der Waals surface area contributed by atoms with Gasteiger partial charge in [0, 0.05) is 30.2 Å². The minimum Gasteiger partial charge on any atom is -0.481 e. The van der Waals surface area contributed by atoms with Crippen molar-refractivity contribution in [1.82, 2.24) is 9.55 Å². The maximum absolute atomic E-state index is 12.4. The molecule has 0 fully saturated rings. The molecule has 3 aromatic rings. The summed E-state index contributed by atoms with van der Waals surface area (Å²) in [6.07, 6.45) is 3.83. The number of fused-ring (bicyclic) bond motifs is 1. The second kappa shape index (κ2) is 7.05. The molecule has 0 aliphatic heterocycles. The lowest BCUT2D eigenvalue weighted by atomic mass is 9.99. The zero-order chi connectivity index (χ0) is 17.8. The van der Waals surface area contributed by atoms with Gasteiger partial charge in [-0.1, -0.05) is 18.2 Å². The van der Waals surface area contributed by atoms with E-state index in [0.29, 0.717) is 18.0 Å². The maximum Gasteiger partial charge on any atom is 0.242 e. The van der Waals surface area contributed by atoms with E-state index >= 15 is 0 Å². The van der Waals surface area contributed by atoms with E-state index in [2.05, 4.69) is 16.4 Å². The highest BCUT2D eigenvalue weighted by Gasteiger charge is 2.21. The third-order valence-electron chi connectivity index (χ3n) is 4.09. The third-order valence-corrected chi connectivity index (χ3v) is 4.09. The highest BCUT2D eigenvalue weighted by Crippen LogP contribution is 2.23. The van der Waals surface area contributed by atoms with E-state index in [4.69, 9.17) is 4.74 Å². The monoisotopic (exact) mass is 334 g/mol. The van der Waals surface area contributed by atoms with E-state index in [9.17, 15) is 10.1 Å². The number of nitriles is 1. The number of para-hydroxylation sites is 1. The average Bonchev–Trinajstić information content (AvgIpc) is 2.96. The molecule has 0 radical (unpaired) electrons. The van der Waals surface area contributed by atoms with Crippen LogP contribution in [0.5, 0.6) is 5.88 Å². The van der Waals surface area contributed by atoms with Crippen molar-refractivity contribution < 1.29 is 9.53 Å². The quantitative estimate of drug-likeness (QED) is 0.778.